The van der Waals surface area contributed by atoms with E-state index in [9.17, 15) is 18.4 Å². The third-order valence-electron chi connectivity index (χ3n) is 7.16. The van der Waals surface area contributed by atoms with Crippen molar-refractivity contribution in [3.05, 3.63) is 141 Å². The van der Waals surface area contributed by atoms with E-state index in [0.29, 0.717) is 35.7 Å². The second kappa shape index (κ2) is 18.1. The van der Waals surface area contributed by atoms with E-state index in [4.69, 9.17) is 42.1 Å². The minimum Gasteiger partial charge on any atom is -0.491 e. The largest absolute Gasteiger partial charge is 0.491 e. The fraction of sp³-hybridized carbons (Fsp3) is 0.150. The van der Waals surface area contributed by atoms with Gasteiger partial charge < -0.3 is 18.9 Å². The lowest BCUT2D eigenvalue weighted by Gasteiger charge is -2.11. The highest BCUT2D eigenvalue weighted by atomic mass is 35.5. The molecule has 0 bridgehead atoms. The smallest absolute Gasteiger partial charge is 0.343 e. The Morgan fingerprint density at radius 3 is 1.35 bits per heavy atom. The number of ether oxygens (including phenoxy) is 4. The molecule has 0 aliphatic rings. The average Bonchev–Trinajstić information content (AvgIpc) is 3.14. The topological polar surface area (TPSA) is 95.8 Å². The molecule has 266 valence electrons. The summed E-state index contributed by atoms with van der Waals surface area (Å²) in [6.07, 6.45) is 4.59. The molecule has 0 spiro atoms. The molecule has 0 unspecified atom stereocenters. The molecule has 8 nitrogen and oxygen atoms in total. The van der Waals surface area contributed by atoms with E-state index in [1.165, 1.54) is 73.1 Å². The standard InChI is InChI=1S/C40H32Cl2F2N2O6/c1-3-17-49-35-15-13-29(19-33(35)43)45-23-25-5-9-27(10-6-25)39(47)51-37-22-38(32(42)21-31(37)41)52-40(48)28-11-7-26(8-12-28)24-46-30-14-16-36(34(44)20-30)50-18-4-2/h5-16,19-24H,3-4,17-18H2,1-2H3. The minimum atomic E-state index is -0.726. The highest BCUT2D eigenvalue weighted by molar-refractivity contribution is 6.36. The Bertz CT molecular complexity index is 1960. The van der Waals surface area contributed by atoms with Gasteiger partial charge in [0.1, 0.15) is 0 Å². The molecule has 0 saturated carbocycles. The monoisotopic (exact) mass is 744 g/mol. The third-order valence-corrected chi connectivity index (χ3v) is 7.75. The Morgan fingerprint density at radius 1 is 0.577 bits per heavy atom. The predicted octanol–water partition coefficient (Wildman–Crippen LogP) is 10.8. The van der Waals surface area contributed by atoms with E-state index in [2.05, 4.69) is 9.98 Å². The first-order valence-corrected chi connectivity index (χ1v) is 17.0. The van der Waals surface area contributed by atoms with E-state index in [1.807, 2.05) is 13.8 Å². The zero-order valence-corrected chi connectivity index (χ0v) is 29.6. The lowest BCUT2D eigenvalue weighted by molar-refractivity contribution is 0.0733. The highest BCUT2D eigenvalue weighted by Crippen LogP contribution is 2.37. The Kier molecular flexibility index (Phi) is 13.1. The van der Waals surface area contributed by atoms with Crippen LogP contribution in [-0.4, -0.2) is 37.6 Å². The van der Waals surface area contributed by atoms with Gasteiger partial charge >= 0.3 is 11.9 Å². The summed E-state index contributed by atoms with van der Waals surface area (Å²) in [7, 11) is 0. The lowest BCUT2D eigenvalue weighted by Crippen LogP contribution is -2.11. The van der Waals surface area contributed by atoms with Gasteiger partial charge in [-0.3, -0.25) is 9.98 Å². The van der Waals surface area contributed by atoms with Gasteiger partial charge in [-0.2, -0.15) is 0 Å². The first-order valence-electron chi connectivity index (χ1n) is 16.2. The van der Waals surface area contributed by atoms with Gasteiger partial charge in [0, 0.05) is 30.6 Å². The Hall–Kier alpha value is -5.58. The van der Waals surface area contributed by atoms with E-state index >= 15 is 0 Å². The first-order chi connectivity index (χ1) is 25.1. The van der Waals surface area contributed by atoms with E-state index in [1.54, 1.807) is 36.4 Å². The highest BCUT2D eigenvalue weighted by Gasteiger charge is 2.18. The molecule has 0 aromatic heterocycles. The number of carbonyl (C=O) groups excluding carboxylic acids is 2. The quantitative estimate of drug-likeness (QED) is 0.0638. The maximum absolute atomic E-state index is 14.3. The van der Waals surface area contributed by atoms with Crippen molar-refractivity contribution < 1.29 is 37.3 Å². The molecule has 0 aliphatic carbocycles. The van der Waals surface area contributed by atoms with Crippen molar-refractivity contribution in [3.63, 3.8) is 0 Å². The SMILES string of the molecule is CCCOc1ccc(N=Cc2ccc(C(=O)Oc3cc(OC(=O)c4ccc(C=Nc5ccc(OCCC)c(F)c5)cc4)c(Cl)cc3Cl)cc2)cc1F. The minimum absolute atomic E-state index is 0.0203. The van der Waals surface area contributed by atoms with Crippen molar-refractivity contribution >= 4 is 58.9 Å². The molecule has 0 N–H and O–H groups in total. The summed E-state index contributed by atoms with van der Waals surface area (Å²) in [4.78, 5) is 34.5. The Labute approximate surface area is 309 Å². The van der Waals surface area contributed by atoms with Crippen LogP contribution in [0.4, 0.5) is 20.2 Å². The molecule has 0 aliphatic heterocycles. The van der Waals surface area contributed by atoms with Gasteiger partial charge in [0.25, 0.3) is 0 Å². The van der Waals surface area contributed by atoms with Crippen molar-refractivity contribution in [2.75, 3.05) is 13.2 Å². The summed E-state index contributed by atoms with van der Waals surface area (Å²) in [6, 6.07) is 24.1. The fourth-order valence-electron chi connectivity index (χ4n) is 4.49. The number of rotatable bonds is 14. The van der Waals surface area contributed by atoms with Gasteiger partial charge in [0.05, 0.1) is 45.8 Å². The second-order valence-electron chi connectivity index (χ2n) is 11.2. The van der Waals surface area contributed by atoms with Gasteiger partial charge in [-0.25, -0.2) is 18.4 Å². The van der Waals surface area contributed by atoms with Crippen molar-refractivity contribution in [1.82, 2.24) is 0 Å². The van der Waals surface area contributed by atoms with Crippen LogP contribution in [0.15, 0.2) is 107 Å². The molecule has 0 atom stereocenters. The maximum atomic E-state index is 14.3. The number of hydrogen-bond donors (Lipinski definition) is 0. The van der Waals surface area contributed by atoms with Crippen LogP contribution in [0.2, 0.25) is 10.0 Å². The number of halogens is 4. The molecule has 0 fully saturated rings. The Balaban J connectivity index is 1.19. The van der Waals surface area contributed by atoms with E-state index < -0.39 is 23.6 Å². The van der Waals surface area contributed by atoms with Crippen LogP contribution in [0.25, 0.3) is 0 Å². The maximum Gasteiger partial charge on any atom is 0.343 e. The fourth-order valence-corrected chi connectivity index (χ4v) is 4.95. The first kappa shape index (κ1) is 37.7. The molecule has 0 heterocycles. The van der Waals surface area contributed by atoms with Gasteiger partial charge in [0.2, 0.25) is 0 Å². The summed E-state index contributed by atoms with van der Waals surface area (Å²) in [6.45, 7) is 4.70. The summed E-state index contributed by atoms with van der Waals surface area (Å²) >= 11 is 12.6. The number of benzene rings is 5. The number of carbonyl (C=O) groups is 2. The van der Waals surface area contributed by atoms with Crippen LogP contribution in [0, 0.1) is 11.6 Å². The molecule has 5 rings (SSSR count). The Morgan fingerprint density at radius 2 is 0.981 bits per heavy atom. The molecule has 0 saturated heterocycles. The van der Waals surface area contributed by atoms with Crippen molar-refractivity contribution in [1.29, 1.82) is 0 Å². The summed E-state index contributed by atoms with van der Waals surface area (Å²) in [5.74, 6) is -2.29. The molecular weight excluding hydrogens is 713 g/mol. The summed E-state index contributed by atoms with van der Waals surface area (Å²) in [5.41, 5.74) is 2.51. The molecule has 0 radical (unpaired) electrons. The predicted molar refractivity (Wildman–Crippen MR) is 198 cm³/mol. The van der Waals surface area contributed by atoms with Crippen molar-refractivity contribution in [2.45, 2.75) is 26.7 Å². The van der Waals surface area contributed by atoms with Crippen LogP contribution >= 0.6 is 23.2 Å². The molecule has 12 heteroatoms. The zero-order chi connectivity index (χ0) is 37.0. The molecule has 52 heavy (non-hydrogen) atoms. The molecule has 0 amide bonds. The lowest BCUT2D eigenvalue weighted by atomic mass is 10.1. The van der Waals surface area contributed by atoms with E-state index in [-0.39, 0.29) is 44.2 Å². The van der Waals surface area contributed by atoms with Crippen molar-refractivity contribution in [3.8, 4) is 23.0 Å². The summed E-state index contributed by atoms with van der Waals surface area (Å²) < 4.78 is 50.2. The second-order valence-corrected chi connectivity index (χ2v) is 12.0. The molecule has 5 aromatic rings. The number of nitrogens with zero attached hydrogens (tertiary/aromatic N) is 2. The normalized spacial score (nSPS) is 11.2. The van der Waals surface area contributed by atoms with Gasteiger partial charge in [-0.15, -0.1) is 0 Å². The van der Waals surface area contributed by atoms with Crippen LogP contribution in [0.1, 0.15) is 58.5 Å². The molecule has 5 aromatic carbocycles. The van der Waals surface area contributed by atoms with Gasteiger partial charge in [0.15, 0.2) is 34.6 Å². The van der Waals surface area contributed by atoms with Gasteiger partial charge in [-0.1, -0.05) is 61.3 Å². The van der Waals surface area contributed by atoms with Gasteiger partial charge in [-0.05, 0) is 78.6 Å². The van der Waals surface area contributed by atoms with Crippen LogP contribution in [-0.2, 0) is 0 Å². The van der Waals surface area contributed by atoms with E-state index in [0.717, 1.165) is 12.8 Å². The number of hydrogen-bond acceptors (Lipinski definition) is 8. The number of aliphatic imine (C=N–C) groups is 2. The average molecular weight is 746 g/mol. The number of esters is 2. The molecular formula is C40H32Cl2F2N2O6. The third kappa shape index (κ3) is 10.2. The summed E-state index contributed by atoms with van der Waals surface area (Å²) in [5, 5.41) is 0.0405. The zero-order valence-electron chi connectivity index (χ0n) is 28.1. The van der Waals surface area contributed by atoms with Crippen LogP contribution < -0.4 is 18.9 Å². The van der Waals surface area contributed by atoms with Crippen molar-refractivity contribution in [2.24, 2.45) is 9.98 Å². The van der Waals surface area contributed by atoms with Crippen LogP contribution in [0.3, 0.4) is 0 Å². The van der Waals surface area contributed by atoms with Crippen LogP contribution in [0.5, 0.6) is 23.0 Å².